The number of benzene rings is 8. The molecule has 8 aromatic rings. The third-order valence-electron chi connectivity index (χ3n) is 14.0. The monoisotopic (exact) mass is 809 g/mol. The minimum Gasteiger partial charge on any atom is -0.485 e. The van der Waals surface area contributed by atoms with E-state index in [-0.39, 0.29) is 12.0 Å². The molecule has 0 amide bonds. The Kier molecular flexibility index (Phi) is 8.83. The molecule has 5 aliphatic rings. The fourth-order valence-corrected chi connectivity index (χ4v) is 11.3. The summed E-state index contributed by atoms with van der Waals surface area (Å²) < 4.78 is 6.29. The Hall–Kier alpha value is -7.42. The Morgan fingerprint density at radius 2 is 1.14 bits per heavy atom. The van der Waals surface area contributed by atoms with Crippen LogP contribution in [-0.2, 0) is 5.41 Å². The molecule has 0 saturated carbocycles. The van der Waals surface area contributed by atoms with Crippen molar-refractivity contribution in [2.75, 3.05) is 4.90 Å². The molecule has 4 aliphatic carbocycles. The second-order valence-electron chi connectivity index (χ2n) is 17.0. The lowest BCUT2D eigenvalue weighted by Gasteiger charge is -2.35. The van der Waals surface area contributed by atoms with Gasteiger partial charge in [-0.3, -0.25) is 0 Å². The smallest absolute Gasteiger partial charge is 0.128 e. The van der Waals surface area contributed by atoms with Gasteiger partial charge in [0.2, 0.25) is 0 Å². The van der Waals surface area contributed by atoms with E-state index in [1.165, 1.54) is 88.8 Å². The van der Waals surface area contributed by atoms with Gasteiger partial charge < -0.3 is 9.64 Å². The number of rotatable bonds is 5. The Morgan fingerprint density at radius 3 is 1.92 bits per heavy atom. The third-order valence-corrected chi connectivity index (χ3v) is 14.0. The van der Waals surface area contributed by atoms with Gasteiger partial charge in [-0.2, -0.15) is 0 Å². The summed E-state index contributed by atoms with van der Waals surface area (Å²) in [6.45, 7) is 4.00. The van der Waals surface area contributed by atoms with Crippen LogP contribution >= 0.6 is 0 Å². The lowest BCUT2D eigenvalue weighted by atomic mass is 9.68. The van der Waals surface area contributed by atoms with Crippen LogP contribution in [0.3, 0.4) is 0 Å². The fourth-order valence-electron chi connectivity index (χ4n) is 11.3. The van der Waals surface area contributed by atoms with Crippen LogP contribution in [0.25, 0.3) is 49.7 Å². The van der Waals surface area contributed by atoms with Crippen LogP contribution in [0.2, 0.25) is 0 Å². The van der Waals surface area contributed by atoms with E-state index in [1.807, 2.05) is 13.8 Å². The van der Waals surface area contributed by atoms with Gasteiger partial charge in [-0.1, -0.05) is 178 Å². The maximum absolute atomic E-state index is 6.29. The number of hydrogen-bond donors (Lipinski definition) is 0. The molecule has 2 nitrogen and oxygen atoms in total. The number of anilines is 2. The molecule has 63 heavy (non-hydrogen) atoms. The van der Waals surface area contributed by atoms with Crippen molar-refractivity contribution in [2.24, 2.45) is 0 Å². The van der Waals surface area contributed by atoms with Crippen molar-refractivity contribution < 1.29 is 4.74 Å². The van der Waals surface area contributed by atoms with Gasteiger partial charge in [0.15, 0.2) is 0 Å². The second kappa shape index (κ2) is 14.9. The molecule has 0 bridgehead atoms. The first-order valence-electron chi connectivity index (χ1n) is 22.6. The lowest BCUT2D eigenvalue weighted by Crippen LogP contribution is -2.28. The molecule has 0 fully saturated rings. The predicted octanol–water partition coefficient (Wildman–Crippen LogP) is 15.8. The molecule has 1 spiro atoms. The minimum absolute atomic E-state index is 0.0798. The van der Waals surface area contributed by atoms with Crippen molar-refractivity contribution in [3.8, 4) is 39.1 Å². The molecule has 13 rings (SSSR count). The molecule has 0 saturated heterocycles. The molecular weight excluding hydrogens is 763 g/mol. The van der Waals surface area contributed by atoms with E-state index in [2.05, 4.69) is 217 Å². The first kappa shape index (κ1) is 37.4. The lowest BCUT2D eigenvalue weighted by molar-refractivity contribution is 0.269. The highest BCUT2D eigenvalue weighted by atomic mass is 16.5. The first-order chi connectivity index (χ1) is 31.2. The topological polar surface area (TPSA) is 12.5 Å². The van der Waals surface area contributed by atoms with Crippen molar-refractivity contribution in [3.63, 3.8) is 0 Å². The van der Waals surface area contributed by atoms with Crippen LogP contribution in [0.4, 0.5) is 11.4 Å². The maximum Gasteiger partial charge on any atom is 0.128 e. The van der Waals surface area contributed by atoms with Crippen molar-refractivity contribution >= 4 is 27.7 Å². The van der Waals surface area contributed by atoms with Gasteiger partial charge in [0, 0.05) is 28.6 Å². The molecule has 3 unspecified atom stereocenters. The Labute approximate surface area is 370 Å². The standard InChI is InChI=1S/C59H41NO.C2H6/c1-2-12-38(13-3-1)39-22-28-43(29-23-39)60(44-30-24-40(25-31-44)42-27-35-57-51(36-42)49-17-8-11-21-56(49)61-57)45-32-33-48-47-16-6-9-19-52(47)59(55(48)37-45)53-20-10-7-18-50(53)58-46-15-5-4-14-41(46)26-34-54(58)59;1-2/h1-31,34-37,49,56H,32-33H2;1-2H3. The fraction of sp³-hybridized carbons (Fsp3) is 0.115. The van der Waals surface area contributed by atoms with E-state index in [1.54, 1.807) is 0 Å². The third kappa shape index (κ3) is 5.64. The van der Waals surface area contributed by atoms with E-state index >= 15 is 0 Å². The zero-order valence-electron chi connectivity index (χ0n) is 35.6. The summed E-state index contributed by atoms with van der Waals surface area (Å²) >= 11 is 0. The highest BCUT2D eigenvalue weighted by Gasteiger charge is 2.53. The average molecular weight is 810 g/mol. The van der Waals surface area contributed by atoms with Gasteiger partial charge in [-0.25, -0.2) is 0 Å². The number of fused-ring (bicyclic) bond motifs is 14. The summed E-state index contributed by atoms with van der Waals surface area (Å²) in [6.07, 6.45) is 13.2. The molecule has 0 radical (unpaired) electrons. The highest BCUT2D eigenvalue weighted by molar-refractivity contribution is 6.06. The van der Waals surface area contributed by atoms with Gasteiger partial charge in [-0.05, 0) is 139 Å². The van der Waals surface area contributed by atoms with Gasteiger partial charge in [-0.15, -0.1) is 0 Å². The van der Waals surface area contributed by atoms with Crippen LogP contribution in [0.1, 0.15) is 60.4 Å². The van der Waals surface area contributed by atoms with E-state index in [9.17, 15) is 0 Å². The average Bonchev–Trinajstić information content (AvgIpc) is 3.99. The van der Waals surface area contributed by atoms with Gasteiger partial charge >= 0.3 is 0 Å². The van der Waals surface area contributed by atoms with Crippen LogP contribution in [-0.4, -0.2) is 6.10 Å². The quantitative estimate of drug-likeness (QED) is 0.172. The van der Waals surface area contributed by atoms with Crippen LogP contribution in [0.5, 0.6) is 5.75 Å². The SMILES string of the molecule is C1=CC2Oc3ccc(-c4ccc(N(C5=CC6=C(CC5)c5ccccc5C65c6ccccc6-c6c5ccc5ccccc65)c5ccc(-c6ccccc6)cc5)cc4)cc3C2C=C1.CC. The summed E-state index contributed by atoms with van der Waals surface area (Å²) in [7, 11) is 0. The number of hydrogen-bond acceptors (Lipinski definition) is 2. The number of nitrogens with zero attached hydrogens (tertiary/aromatic N) is 1. The Morgan fingerprint density at radius 1 is 0.524 bits per heavy atom. The predicted molar refractivity (Wildman–Crippen MR) is 263 cm³/mol. The summed E-state index contributed by atoms with van der Waals surface area (Å²) in [5.41, 5.74) is 20.4. The van der Waals surface area contributed by atoms with E-state index < -0.39 is 5.41 Å². The maximum atomic E-state index is 6.29. The zero-order chi connectivity index (χ0) is 42.1. The van der Waals surface area contributed by atoms with E-state index in [0.29, 0.717) is 0 Å². The molecule has 3 atom stereocenters. The molecule has 0 aromatic heterocycles. The first-order valence-corrected chi connectivity index (χ1v) is 22.6. The molecule has 1 aliphatic heterocycles. The van der Waals surface area contributed by atoms with Crippen molar-refractivity contribution in [1.29, 1.82) is 0 Å². The number of allylic oxidation sites excluding steroid dienone is 6. The second-order valence-corrected chi connectivity index (χ2v) is 17.0. The Balaban J connectivity index is 0.00000208. The number of ether oxygens (including phenoxy) is 1. The molecule has 0 N–H and O–H groups in total. The van der Waals surface area contributed by atoms with E-state index in [4.69, 9.17) is 4.74 Å². The minimum atomic E-state index is -0.417. The summed E-state index contributed by atoms with van der Waals surface area (Å²) in [6, 6.07) is 67.8. The van der Waals surface area contributed by atoms with Crippen molar-refractivity contribution in [2.45, 2.75) is 44.1 Å². The molecule has 302 valence electrons. The van der Waals surface area contributed by atoms with Crippen LogP contribution in [0, 0.1) is 0 Å². The van der Waals surface area contributed by atoms with Crippen molar-refractivity contribution in [1.82, 2.24) is 0 Å². The highest BCUT2D eigenvalue weighted by Crippen LogP contribution is 2.65. The normalized spacial score (nSPS) is 19.2. The summed E-state index contributed by atoms with van der Waals surface area (Å²) in [5, 5.41) is 2.60. The molecular formula is C61H47NO. The Bertz CT molecular complexity index is 3220. The van der Waals surface area contributed by atoms with Gasteiger partial charge in [0.05, 0.1) is 5.41 Å². The van der Waals surface area contributed by atoms with Crippen LogP contribution < -0.4 is 9.64 Å². The zero-order valence-corrected chi connectivity index (χ0v) is 35.6. The van der Waals surface area contributed by atoms with Gasteiger partial charge in [0.1, 0.15) is 11.9 Å². The largest absolute Gasteiger partial charge is 0.485 e. The van der Waals surface area contributed by atoms with Gasteiger partial charge in [0.25, 0.3) is 0 Å². The molecule has 8 aromatic carbocycles. The van der Waals surface area contributed by atoms with E-state index in [0.717, 1.165) is 30.0 Å². The summed E-state index contributed by atoms with van der Waals surface area (Å²) in [5.74, 6) is 1.25. The molecule has 1 heterocycles. The van der Waals surface area contributed by atoms with Crippen molar-refractivity contribution in [3.05, 3.63) is 251 Å². The summed E-state index contributed by atoms with van der Waals surface area (Å²) in [4.78, 5) is 2.52. The van der Waals surface area contributed by atoms with Crippen LogP contribution in [0.15, 0.2) is 224 Å². The molecule has 2 heteroatoms.